The second-order valence-corrected chi connectivity index (χ2v) is 4.15. The normalized spacial score (nSPS) is 10.1. The Morgan fingerprint density at radius 3 is 3.06 bits per heavy atom. The van der Waals surface area contributed by atoms with Crippen LogP contribution in [0.4, 0.5) is 5.69 Å². The summed E-state index contributed by atoms with van der Waals surface area (Å²) < 4.78 is 0. The minimum atomic E-state index is -0.252. The summed E-state index contributed by atoms with van der Waals surface area (Å²) in [4.78, 5) is 19.8. The Kier molecular flexibility index (Phi) is 3.66. The van der Waals surface area contributed by atoms with E-state index in [1.807, 2.05) is 5.38 Å². The number of carbonyl (C=O) groups is 1. The van der Waals surface area contributed by atoms with Crippen molar-refractivity contribution in [3.8, 4) is 0 Å². The molecule has 2 aromatic rings. The Morgan fingerprint density at radius 2 is 2.35 bits per heavy atom. The van der Waals surface area contributed by atoms with Gasteiger partial charge in [-0.15, -0.1) is 11.3 Å². The van der Waals surface area contributed by atoms with Gasteiger partial charge in [0, 0.05) is 24.5 Å². The first kappa shape index (κ1) is 11.5. The number of nitrogens with two attached hydrogens (primary N) is 1. The van der Waals surface area contributed by atoms with E-state index in [-0.39, 0.29) is 11.6 Å². The molecule has 0 atom stereocenters. The van der Waals surface area contributed by atoms with Crippen molar-refractivity contribution >= 4 is 22.9 Å². The van der Waals surface area contributed by atoms with Crippen LogP contribution in [0, 0.1) is 0 Å². The number of hydrogen-bond donors (Lipinski definition) is 2. The molecule has 0 aliphatic heterocycles. The zero-order valence-electron chi connectivity index (χ0n) is 9.09. The Morgan fingerprint density at radius 1 is 1.47 bits per heavy atom. The van der Waals surface area contributed by atoms with Gasteiger partial charge < -0.3 is 11.1 Å². The Balaban J connectivity index is 1.88. The molecule has 2 heterocycles. The van der Waals surface area contributed by atoms with Crippen LogP contribution in [0.25, 0.3) is 0 Å². The summed E-state index contributed by atoms with van der Waals surface area (Å²) >= 11 is 1.54. The van der Waals surface area contributed by atoms with E-state index in [1.165, 1.54) is 0 Å². The van der Waals surface area contributed by atoms with E-state index >= 15 is 0 Å². The van der Waals surface area contributed by atoms with E-state index < -0.39 is 0 Å². The van der Waals surface area contributed by atoms with Gasteiger partial charge in [0.05, 0.1) is 16.9 Å². The largest absolute Gasteiger partial charge is 0.397 e. The second kappa shape index (κ2) is 5.40. The minimum absolute atomic E-state index is 0.252. The van der Waals surface area contributed by atoms with Gasteiger partial charge in [0.2, 0.25) is 0 Å². The number of nitrogens with one attached hydrogen (secondary N) is 1. The summed E-state index contributed by atoms with van der Waals surface area (Å²) in [6, 6.07) is 3.35. The summed E-state index contributed by atoms with van der Waals surface area (Å²) in [5.41, 5.74) is 9.06. The van der Waals surface area contributed by atoms with Crippen LogP contribution in [0.2, 0.25) is 0 Å². The monoisotopic (exact) mass is 248 g/mol. The van der Waals surface area contributed by atoms with Gasteiger partial charge in [-0.3, -0.25) is 4.79 Å². The Bertz CT molecular complexity index is 498. The minimum Gasteiger partial charge on any atom is -0.397 e. The molecule has 0 aliphatic rings. The molecule has 5 nitrogen and oxygen atoms in total. The van der Waals surface area contributed by atoms with Crippen LogP contribution in [0.15, 0.2) is 29.2 Å². The third-order valence-corrected chi connectivity index (χ3v) is 2.84. The Labute approximate surface area is 103 Å². The highest BCUT2D eigenvalue weighted by molar-refractivity contribution is 7.07. The maximum Gasteiger partial charge on any atom is 0.272 e. The average molecular weight is 248 g/mol. The van der Waals surface area contributed by atoms with Crippen molar-refractivity contribution in [3.63, 3.8) is 0 Å². The standard InChI is InChI=1S/C11H12N4OS/c12-9-2-1-4-13-10(9)11(16)14-5-3-8-6-17-7-15-8/h1-2,4,6-7H,3,5,12H2,(H,14,16). The van der Waals surface area contributed by atoms with Crippen LogP contribution < -0.4 is 11.1 Å². The van der Waals surface area contributed by atoms with Gasteiger partial charge in [-0.25, -0.2) is 9.97 Å². The molecule has 88 valence electrons. The van der Waals surface area contributed by atoms with Crippen molar-refractivity contribution in [2.45, 2.75) is 6.42 Å². The van der Waals surface area contributed by atoms with Crippen molar-refractivity contribution in [1.29, 1.82) is 0 Å². The lowest BCUT2D eigenvalue weighted by Crippen LogP contribution is -2.27. The first-order chi connectivity index (χ1) is 8.27. The number of anilines is 1. The number of carbonyl (C=O) groups excluding carboxylic acids is 1. The van der Waals surface area contributed by atoms with Crippen LogP contribution in [0.1, 0.15) is 16.2 Å². The number of amides is 1. The predicted molar refractivity (Wildman–Crippen MR) is 66.8 cm³/mol. The summed E-state index contributed by atoms with van der Waals surface area (Å²) in [7, 11) is 0. The fraction of sp³-hybridized carbons (Fsp3) is 0.182. The van der Waals surface area contributed by atoms with Crippen LogP contribution in [0.3, 0.4) is 0 Å². The molecule has 0 fully saturated rings. The van der Waals surface area contributed by atoms with Crippen molar-refractivity contribution in [3.05, 3.63) is 40.6 Å². The molecule has 3 N–H and O–H groups in total. The zero-order valence-corrected chi connectivity index (χ0v) is 9.91. The molecule has 17 heavy (non-hydrogen) atoms. The summed E-state index contributed by atoms with van der Waals surface area (Å²) in [5, 5.41) is 4.72. The summed E-state index contributed by atoms with van der Waals surface area (Å²) in [5.74, 6) is -0.252. The lowest BCUT2D eigenvalue weighted by atomic mass is 10.2. The van der Waals surface area contributed by atoms with Gasteiger partial charge >= 0.3 is 0 Å². The molecule has 2 aromatic heterocycles. The maximum absolute atomic E-state index is 11.7. The quantitative estimate of drug-likeness (QED) is 0.848. The lowest BCUT2D eigenvalue weighted by molar-refractivity contribution is 0.0950. The molecular formula is C11H12N4OS. The number of nitrogen functional groups attached to an aromatic ring is 1. The van der Waals surface area contributed by atoms with Crippen molar-refractivity contribution in [2.75, 3.05) is 12.3 Å². The van der Waals surface area contributed by atoms with Crippen molar-refractivity contribution in [2.24, 2.45) is 0 Å². The molecule has 2 rings (SSSR count). The van der Waals surface area contributed by atoms with Gasteiger partial charge in [-0.2, -0.15) is 0 Å². The second-order valence-electron chi connectivity index (χ2n) is 3.43. The number of pyridine rings is 1. The molecular weight excluding hydrogens is 236 g/mol. The predicted octanol–water partition coefficient (Wildman–Crippen LogP) is 1.09. The summed E-state index contributed by atoms with van der Waals surface area (Å²) in [6.45, 7) is 0.526. The first-order valence-electron chi connectivity index (χ1n) is 5.13. The third-order valence-electron chi connectivity index (χ3n) is 2.20. The molecule has 0 aromatic carbocycles. The van der Waals surface area contributed by atoms with Crippen molar-refractivity contribution < 1.29 is 4.79 Å². The van der Waals surface area contributed by atoms with Crippen LogP contribution in [0.5, 0.6) is 0 Å². The molecule has 0 spiro atoms. The van der Waals surface area contributed by atoms with Gasteiger partial charge in [0.15, 0.2) is 5.69 Å². The van der Waals surface area contributed by atoms with E-state index in [9.17, 15) is 4.79 Å². The number of thiazole rings is 1. The summed E-state index contributed by atoms with van der Waals surface area (Å²) in [6.07, 6.45) is 2.26. The zero-order chi connectivity index (χ0) is 12.1. The van der Waals surface area contributed by atoms with E-state index in [4.69, 9.17) is 5.73 Å². The van der Waals surface area contributed by atoms with E-state index in [1.54, 1.807) is 35.2 Å². The topological polar surface area (TPSA) is 80.9 Å². The van der Waals surface area contributed by atoms with Crippen LogP contribution in [-0.2, 0) is 6.42 Å². The van der Waals surface area contributed by atoms with Gasteiger partial charge in [-0.05, 0) is 12.1 Å². The van der Waals surface area contributed by atoms with E-state index in [2.05, 4.69) is 15.3 Å². The molecule has 0 radical (unpaired) electrons. The van der Waals surface area contributed by atoms with Gasteiger partial charge in [-0.1, -0.05) is 0 Å². The van der Waals surface area contributed by atoms with E-state index in [0.717, 1.165) is 5.69 Å². The molecule has 0 saturated carbocycles. The van der Waals surface area contributed by atoms with Gasteiger partial charge in [0.1, 0.15) is 0 Å². The maximum atomic E-state index is 11.7. The van der Waals surface area contributed by atoms with E-state index in [0.29, 0.717) is 18.7 Å². The average Bonchev–Trinajstić information content (AvgIpc) is 2.82. The third kappa shape index (κ3) is 3.01. The fourth-order valence-corrected chi connectivity index (χ4v) is 1.95. The van der Waals surface area contributed by atoms with Crippen LogP contribution >= 0.6 is 11.3 Å². The highest BCUT2D eigenvalue weighted by Crippen LogP contribution is 2.06. The molecule has 6 heteroatoms. The molecule has 0 aliphatic carbocycles. The Hall–Kier alpha value is -1.95. The van der Waals surface area contributed by atoms with Crippen LogP contribution in [-0.4, -0.2) is 22.4 Å². The SMILES string of the molecule is Nc1cccnc1C(=O)NCCc1cscn1. The first-order valence-corrected chi connectivity index (χ1v) is 6.07. The molecule has 0 unspecified atom stereocenters. The molecule has 1 amide bonds. The molecule has 0 saturated heterocycles. The van der Waals surface area contributed by atoms with Crippen molar-refractivity contribution in [1.82, 2.24) is 15.3 Å². The fourth-order valence-electron chi connectivity index (χ4n) is 1.36. The smallest absolute Gasteiger partial charge is 0.272 e. The number of rotatable bonds is 4. The highest BCUT2D eigenvalue weighted by atomic mass is 32.1. The lowest BCUT2D eigenvalue weighted by Gasteiger charge is -2.05. The molecule has 0 bridgehead atoms. The number of aromatic nitrogens is 2. The number of hydrogen-bond acceptors (Lipinski definition) is 5. The highest BCUT2D eigenvalue weighted by Gasteiger charge is 2.09. The van der Waals surface area contributed by atoms with Gasteiger partial charge in [0.25, 0.3) is 5.91 Å². The number of nitrogens with zero attached hydrogens (tertiary/aromatic N) is 2.